The van der Waals surface area contributed by atoms with E-state index in [1.807, 2.05) is 24.3 Å². The van der Waals surface area contributed by atoms with Crippen molar-refractivity contribution >= 4 is 22.5 Å². The van der Waals surface area contributed by atoms with Crippen molar-refractivity contribution in [3.05, 3.63) is 83.7 Å². The number of aromatic amines is 2. The van der Waals surface area contributed by atoms with Crippen LogP contribution in [0, 0.1) is 5.82 Å². The summed E-state index contributed by atoms with van der Waals surface area (Å²) in [6, 6.07) is 10.2. The number of nitrogens with one attached hydrogen (secondary N) is 2. The number of pyridine rings is 1. The molecule has 1 aliphatic rings. The first-order valence-electron chi connectivity index (χ1n) is 9.60. The van der Waals surface area contributed by atoms with Gasteiger partial charge in [0.15, 0.2) is 0 Å². The van der Waals surface area contributed by atoms with Crippen LogP contribution in [0.2, 0.25) is 0 Å². The van der Waals surface area contributed by atoms with Gasteiger partial charge < -0.3 is 14.9 Å². The lowest BCUT2D eigenvalue weighted by atomic mass is 10.0. The highest BCUT2D eigenvalue weighted by Crippen LogP contribution is 2.34. The van der Waals surface area contributed by atoms with Gasteiger partial charge in [-0.25, -0.2) is 18.9 Å². The molecule has 1 aromatic carbocycles. The lowest BCUT2D eigenvalue weighted by Gasteiger charge is -2.33. The van der Waals surface area contributed by atoms with Gasteiger partial charge in [0.25, 0.3) is 5.91 Å². The van der Waals surface area contributed by atoms with Gasteiger partial charge in [0.2, 0.25) is 0 Å². The van der Waals surface area contributed by atoms with E-state index in [1.54, 1.807) is 17.3 Å². The van der Waals surface area contributed by atoms with Crippen molar-refractivity contribution in [1.82, 2.24) is 34.4 Å². The first-order chi connectivity index (χ1) is 14.7. The average Bonchev–Trinajstić information content (AvgIpc) is 3.49. The van der Waals surface area contributed by atoms with E-state index in [0.717, 1.165) is 22.4 Å². The highest BCUT2D eigenvalue weighted by molar-refractivity contribution is 6.01. The Bertz CT molecular complexity index is 1380. The molecule has 1 atom stereocenters. The zero-order chi connectivity index (χ0) is 20.2. The maximum atomic E-state index is 13.6. The molecule has 0 saturated heterocycles. The predicted octanol–water partition coefficient (Wildman–Crippen LogP) is 2.86. The normalized spacial score (nSPS) is 16.3. The molecule has 0 saturated carbocycles. The van der Waals surface area contributed by atoms with Gasteiger partial charge in [0.05, 0.1) is 46.5 Å². The molecule has 148 valence electrons. The number of carbonyl (C=O) groups is 1. The number of nitrogens with zero attached hydrogens (tertiary/aromatic N) is 5. The molecule has 30 heavy (non-hydrogen) atoms. The van der Waals surface area contributed by atoms with Crippen molar-refractivity contribution in [2.75, 3.05) is 6.54 Å². The highest BCUT2D eigenvalue weighted by atomic mass is 19.1. The number of halogens is 1. The molecule has 5 aromatic rings. The zero-order valence-electron chi connectivity index (χ0n) is 15.7. The average molecular weight is 401 g/mol. The number of aromatic nitrogens is 6. The van der Waals surface area contributed by atoms with Crippen LogP contribution >= 0.6 is 0 Å². The predicted molar refractivity (Wildman–Crippen MR) is 106 cm³/mol. The largest absolute Gasteiger partial charge is 0.348 e. The summed E-state index contributed by atoms with van der Waals surface area (Å²) < 4.78 is 14.9. The van der Waals surface area contributed by atoms with Gasteiger partial charge in [-0.2, -0.15) is 5.10 Å². The second-order valence-corrected chi connectivity index (χ2v) is 7.29. The first kappa shape index (κ1) is 16.9. The summed E-state index contributed by atoms with van der Waals surface area (Å²) in [5.74, 6) is 0.0414. The number of amides is 1. The molecule has 8 nitrogen and oxygen atoms in total. The van der Waals surface area contributed by atoms with Crippen LogP contribution in [0.4, 0.5) is 4.39 Å². The summed E-state index contributed by atoms with van der Waals surface area (Å²) in [6.45, 7) is 0.494. The number of carbonyl (C=O) groups excluding carboxylic acids is 1. The summed E-state index contributed by atoms with van der Waals surface area (Å²) in [5, 5.41) is 4.15. The molecular weight excluding hydrogens is 385 g/mol. The Morgan fingerprint density at radius 2 is 2.10 bits per heavy atom. The van der Waals surface area contributed by atoms with E-state index in [-0.39, 0.29) is 5.91 Å². The highest BCUT2D eigenvalue weighted by Gasteiger charge is 2.37. The van der Waals surface area contributed by atoms with E-state index in [9.17, 15) is 9.18 Å². The number of H-pyrrole nitrogens is 2. The Labute approximate surface area is 169 Å². The van der Waals surface area contributed by atoms with E-state index >= 15 is 0 Å². The van der Waals surface area contributed by atoms with Crippen molar-refractivity contribution in [3.8, 4) is 0 Å². The third kappa shape index (κ3) is 2.45. The minimum atomic E-state index is -0.463. The Hall–Kier alpha value is -4.01. The minimum absolute atomic E-state index is 0.198. The maximum absolute atomic E-state index is 13.6. The third-order valence-electron chi connectivity index (χ3n) is 5.56. The van der Waals surface area contributed by atoms with Crippen LogP contribution < -0.4 is 0 Å². The molecule has 4 aromatic heterocycles. The second kappa shape index (κ2) is 6.24. The van der Waals surface area contributed by atoms with Crippen LogP contribution in [0.3, 0.4) is 0 Å². The van der Waals surface area contributed by atoms with E-state index in [4.69, 9.17) is 4.98 Å². The van der Waals surface area contributed by atoms with Crippen molar-refractivity contribution in [1.29, 1.82) is 0 Å². The Balaban J connectivity index is 1.48. The standard InChI is InChI=1S/C21H16FN7O/c22-12-5-6-17-13(9-25-29(17)10-12)21(30)28-8-7-16-18(24-11-23-16)19(28)20-26-14-3-1-2-4-15(14)27-20/h1-6,9-11,19H,7-8H2,(H,23,24)(H,26,27)/t19-/m0/s1. The molecular formula is C21H16FN7O. The van der Waals surface area contributed by atoms with Gasteiger partial charge >= 0.3 is 0 Å². The molecule has 5 heterocycles. The summed E-state index contributed by atoms with van der Waals surface area (Å²) in [5.41, 5.74) is 4.46. The van der Waals surface area contributed by atoms with Crippen molar-refractivity contribution < 1.29 is 9.18 Å². The SMILES string of the molecule is O=C(c1cnn2cc(F)ccc12)N1CCc2[nH]cnc2[C@H]1c1nc2ccccc2[nH]1. The molecule has 0 unspecified atom stereocenters. The van der Waals surface area contributed by atoms with Gasteiger partial charge in [-0.1, -0.05) is 12.1 Å². The van der Waals surface area contributed by atoms with Crippen LogP contribution in [0.5, 0.6) is 0 Å². The van der Waals surface area contributed by atoms with Gasteiger partial charge in [0, 0.05) is 18.7 Å². The number of rotatable bonds is 2. The van der Waals surface area contributed by atoms with Crippen LogP contribution in [-0.4, -0.2) is 46.9 Å². The van der Waals surface area contributed by atoms with E-state index < -0.39 is 11.9 Å². The molecule has 0 fully saturated rings. The van der Waals surface area contributed by atoms with E-state index in [1.165, 1.54) is 23.0 Å². The fourth-order valence-corrected chi connectivity index (χ4v) is 4.15. The maximum Gasteiger partial charge on any atom is 0.258 e. The molecule has 2 N–H and O–H groups in total. The molecule has 0 radical (unpaired) electrons. The van der Waals surface area contributed by atoms with Crippen LogP contribution in [0.1, 0.15) is 33.6 Å². The molecule has 9 heteroatoms. The van der Waals surface area contributed by atoms with E-state index in [0.29, 0.717) is 29.9 Å². The summed E-state index contributed by atoms with van der Waals surface area (Å²) in [6.07, 6.45) is 5.04. The number of fused-ring (bicyclic) bond motifs is 3. The van der Waals surface area contributed by atoms with Crippen LogP contribution in [-0.2, 0) is 6.42 Å². The number of para-hydroxylation sites is 2. The quantitative estimate of drug-likeness (QED) is 0.476. The topological polar surface area (TPSA) is 95.0 Å². The number of hydrogen-bond donors (Lipinski definition) is 2. The van der Waals surface area contributed by atoms with Crippen LogP contribution in [0.25, 0.3) is 16.6 Å². The third-order valence-corrected chi connectivity index (χ3v) is 5.56. The Kier molecular flexibility index (Phi) is 3.52. The Morgan fingerprint density at radius 1 is 1.20 bits per heavy atom. The number of benzene rings is 1. The van der Waals surface area contributed by atoms with Gasteiger partial charge in [-0.05, 0) is 24.3 Å². The summed E-state index contributed by atoms with van der Waals surface area (Å²) >= 11 is 0. The second-order valence-electron chi connectivity index (χ2n) is 7.29. The molecule has 1 amide bonds. The van der Waals surface area contributed by atoms with Crippen LogP contribution in [0.15, 0.2) is 55.1 Å². The smallest absolute Gasteiger partial charge is 0.258 e. The lowest BCUT2D eigenvalue weighted by Crippen LogP contribution is -2.41. The first-order valence-corrected chi connectivity index (χ1v) is 9.60. The Morgan fingerprint density at radius 3 is 3.00 bits per heavy atom. The van der Waals surface area contributed by atoms with Crippen molar-refractivity contribution in [2.45, 2.75) is 12.5 Å². The number of imidazole rings is 2. The van der Waals surface area contributed by atoms with Gasteiger partial charge in [-0.15, -0.1) is 0 Å². The van der Waals surface area contributed by atoms with Gasteiger partial charge in [0.1, 0.15) is 17.7 Å². The molecule has 0 bridgehead atoms. The summed E-state index contributed by atoms with van der Waals surface area (Å²) in [7, 11) is 0. The fraction of sp³-hybridized carbons (Fsp3) is 0.143. The van der Waals surface area contributed by atoms with Gasteiger partial charge in [-0.3, -0.25) is 4.79 Å². The molecule has 1 aliphatic heterocycles. The molecule has 0 spiro atoms. The summed E-state index contributed by atoms with van der Waals surface area (Å²) in [4.78, 5) is 31.1. The minimum Gasteiger partial charge on any atom is -0.348 e. The fourth-order valence-electron chi connectivity index (χ4n) is 4.15. The lowest BCUT2D eigenvalue weighted by molar-refractivity contribution is 0.0686. The molecule has 0 aliphatic carbocycles. The van der Waals surface area contributed by atoms with E-state index in [2.05, 4.69) is 20.1 Å². The zero-order valence-corrected chi connectivity index (χ0v) is 15.7. The van der Waals surface area contributed by atoms with Crippen molar-refractivity contribution in [3.63, 3.8) is 0 Å². The molecule has 6 rings (SSSR count). The monoisotopic (exact) mass is 401 g/mol. The van der Waals surface area contributed by atoms with Crippen molar-refractivity contribution in [2.24, 2.45) is 0 Å². The number of hydrogen-bond acceptors (Lipinski definition) is 4.